The van der Waals surface area contributed by atoms with Gasteiger partial charge in [-0.1, -0.05) is 0 Å². The number of pyridine rings is 1. The van der Waals surface area contributed by atoms with Gasteiger partial charge in [0.2, 0.25) is 0 Å². The van der Waals surface area contributed by atoms with Gasteiger partial charge in [-0.3, -0.25) is 4.90 Å². The Balaban J connectivity index is 1.27. The van der Waals surface area contributed by atoms with E-state index in [1.807, 2.05) is 13.8 Å². The minimum atomic E-state index is -4.60. The zero-order valence-electron chi connectivity index (χ0n) is 18.4. The second-order valence-electron chi connectivity index (χ2n) is 10.3. The van der Waals surface area contributed by atoms with E-state index in [0.717, 1.165) is 50.9 Å². The standard InChI is InChI=1S/C23H30F3N5O/c1-12(2)30-19(6-18(27)13-3-17(23(24,25)26)21(28)29-7-13)20-15-4-14(5-16(15)20)31-8-22(9-31)10-32-11-22/h3,6-7,12,14-16,20,27,30H,4-5,8-11H2,1-2H3,(H2,28,29)/b19-6-,27-18?/t14-,15+,16-,20-. The Labute approximate surface area is 185 Å². The molecule has 1 aromatic rings. The highest BCUT2D eigenvalue weighted by Crippen LogP contribution is 2.62. The van der Waals surface area contributed by atoms with E-state index in [-0.39, 0.29) is 17.3 Å². The largest absolute Gasteiger partial charge is 0.419 e. The first-order valence-electron chi connectivity index (χ1n) is 11.3. The van der Waals surface area contributed by atoms with Crippen molar-refractivity contribution in [3.05, 3.63) is 35.2 Å². The summed E-state index contributed by atoms with van der Waals surface area (Å²) in [5.41, 5.74) is 5.92. The lowest BCUT2D eigenvalue weighted by Gasteiger charge is -2.57. The summed E-state index contributed by atoms with van der Waals surface area (Å²) in [7, 11) is 0. The number of nitrogens with one attached hydrogen (secondary N) is 2. The number of fused-ring (bicyclic) bond motifs is 1. The summed E-state index contributed by atoms with van der Waals surface area (Å²) in [6, 6.07) is 1.72. The number of ether oxygens (including phenoxy) is 1. The fourth-order valence-electron chi connectivity index (χ4n) is 5.87. The van der Waals surface area contributed by atoms with E-state index in [2.05, 4.69) is 15.2 Å². The Hall–Kier alpha value is -2.13. The number of likely N-dealkylation sites (tertiary alicyclic amines) is 1. The maximum atomic E-state index is 13.2. The van der Waals surface area contributed by atoms with Gasteiger partial charge in [-0.05, 0) is 50.7 Å². The van der Waals surface area contributed by atoms with E-state index in [9.17, 15) is 13.2 Å². The topological polar surface area (TPSA) is 87.3 Å². The summed E-state index contributed by atoms with van der Waals surface area (Å²) in [6.45, 7) is 8.15. The number of nitrogens with zero attached hydrogens (tertiary/aromatic N) is 2. The molecular formula is C23H30F3N5O. The fraction of sp³-hybridized carbons (Fsp3) is 0.652. The van der Waals surface area contributed by atoms with Crippen LogP contribution in [0.4, 0.5) is 19.0 Å². The minimum Gasteiger partial charge on any atom is -0.386 e. The van der Waals surface area contributed by atoms with Crippen LogP contribution in [0.1, 0.15) is 37.8 Å². The second kappa shape index (κ2) is 7.45. The van der Waals surface area contributed by atoms with Crippen LogP contribution >= 0.6 is 0 Å². The van der Waals surface area contributed by atoms with Crippen molar-refractivity contribution in [2.24, 2.45) is 23.2 Å². The average Bonchev–Trinajstić information content (AvgIpc) is 3.12. The molecule has 174 valence electrons. The van der Waals surface area contributed by atoms with Crippen molar-refractivity contribution in [3.63, 3.8) is 0 Å². The van der Waals surface area contributed by atoms with Crippen LogP contribution in [-0.2, 0) is 10.9 Å². The van der Waals surface area contributed by atoms with Crippen molar-refractivity contribution in [1.29, 1.82) is 5.41 Å². The van der Waals surface area contributed by atoms with Gasteiger partial charge < -0.3 is 21.2 Å². The molecule has 4 fully saturated rings. The third-order valence-corrected chi connectivity index (χ3v) is 7.48. The number of rotatable bonds is 6. The first-order valence-corrected chi connectivity index (χ1v) is 11.3. The number of nitrogens with two attached hydrogens (primary N) is 1. The van der Waals surface area contributed by atoms with Crippen molar-refractivity contribution < 1.29 is 17.9 Å². The van der Waals surface area contributed by atoms with Gasteiger partial charge in [-0.15, -0.1) is 0 Å². The molecule has 0 amide bonds. The molecule has 32 heavy (non-hydrogen) atoms. The molecule has 4 atom stereocenters. The van der Waals surface area contributed by atoms with Crippen LogP contribution in [-0.4, -0.2) is 54.0 Å². The van der Waals surface area contributed by atoms with E-state index < -0.39 is 17.6 Å². The Morgan fingerprint density at radius 3 is 2.50 bits per heavy atom. The summed E-state index contributed by atoms with van der Waals surface area (Å²) >= 11 is 0. The molecule has 2 saturated carbocycles. The quantitative estimate of drug-likeness (QED) is 0.580. The van der Waals surface area contributed by atoms with Crippen molar-refractivity contribution in [2.75, 3.05) is 32.0 Å². The van der Waals surface area contributed by atoms with Crippen LogP contribution in [0.25, 0.3) is 0 Å². The first-order chi connectivity index (χ1) is 15.1. The third-order valence-electron chi connectivity index (χ3n) is 7.48. The number of halogens is 3. The molecule has 6 nitrogen and oxygen atoms in total. The Kier molecular flexibility index (Phi) is 5.05. The van der Waals surface area contributed by atoms with Crippen molar-refractivity contribution in [1.82, 2.24) is 15.2 Å². The van der Waals surface area contributed by atoms with Crippen LogP contribution in [0, 0.1) is 28.6 Å². The Morgan fingerprint density at radius 1 is 1.31 bits per heavy atom. The average molecular weight is 450 g/mol. The molecule has 1 aromatic heterocycles. The molecular weight excluding hydrogens is 419 g/mol. The lowest BCUT2D eigenvalue weighted by molar-refractivity contribution is -0.198. The normalized spacial score (nSPS) is 31.2. The molecule has 0 radical (unpaired) electrons. The number of allylic oxidation sites excluding steroid dienone is 2. The van der Waals surface area contributed by atoms with Crippen molar-refractivity contribution in [2.45, 2.75) is 44.9 Å². The molecule has 0 aromatic carbocycles. The first kappa shape index (κ1) is 21.7. The zero-order chi connectivity index (χ0) is 22.8. The van der Waals surface area contributed by atoms with Crippen molar-refractivity contribution in [3.8, 4) is 0 Å². The fourth-order valence-corrected chi connectivity index (χ4v) is 5.87. The smallest absolute Gasteiger partial charge is 0.386 e. The Morgan fingerprint density at radius 2 is 1.97 bits per heavy atom. The zero-order valence-corrected chi connectivity index (χ0v) is 18.4. The number of hydrogen-bond donors (Lipinski definition) is 3. The summed E-state index contributed by atoms with van der Waals surface area (Å²) in [6.07, 6.45) is 0.635. The molecule has 4 N–H and O–H groups in total. The maximum Gasteiger partial charge on any atom is 0.419 e. The number of aromatic nitrogens is 1. The van der Waals surface area contributed by atoms with Crippen molar-refractivity contribution >= 4 is 11.5 Å². The molecule has 1 spiro atoms. The summed E-state index contributed by atoms with van der Waals surface area (Å²) in [4.78, 5) is 6.26. The molecule has 2 aliphatic heterocycles. The number of hydrogen-bond acceptors (Lipinski definition) is 6. The third kappa shape index (κ3) is 3.79. The van der Waals surface area contributed by atoms with E-state index in [1.54, 1.807) is 6.08 Å². The van der Waals surface area contributed by atoms with Gasteiger partial charge in [0, 0.05) is 54.0 Å². The monoisotopic (exact) mass is 449 g/mol. The van der Waals surface area contributed by atoms with Crippen LogP contribution < -0.4 is 11.1 Å². The van der Waals surface area contributed by atoms with Gasteiger partial charge >= 0.3 is 6.18 Å². The maximum absolute atomic E-state index is 13.2. The van der Waals surface area contributed by atoms with E-state index in [4.69, 9.17) is 15.9 Å². The Bertz CT molecular complexity index is 935. The lowest BCUT2D eigenvalue weighted by Crippen LogP contribution is -2.67. The predicted molar refractivity (Wildman–Crippen MR) is 115 cm³/mol. The predicted octanol–water partition coefficient (Wildman–Crippen LogP) is 3.29. The summed E-state index contributed by atoms with van der Waals surface area (Å²) in [5, 5.41) is 11.9. The molecule has 0 unspecified atom stereocenters. The van der Waals surface area contributed by atoms with Crippen LogP contribution in [0.3, 0.4) is 0 Å². The number of alkyl halides is 3. The highest BCUT2D eigenvalue weighted by atomic mass is 19.4. The van der Waals surface area contributed by atoms with Gasteiger partial charge in [0.05, 0.1) is 24.5 Å². The molecule has 2 saturated heterocycles. The molecule has 3 heterocycles. The molecule has 9 heteroatoms. The SMILES string of the molecule is CC(C)N/C(=C\C(=N)c1cnc(N)c(C(F)(F)F)c1)[C@H]1[C@@H]2C[C@H](N3CC4(COC4)C3)C[C@@H]21. The number of anilines is 1. The van der Waals surface area contributed by atoms with Gasteiger partial charge in [-0.25, -0.2) is 4.98 Å². The van der Waals surface area contributed by atoms with Crippen LogP contribution in [0.5, 0.6) is 0 Å². The molecule has 4 aliphatic rings. The van der Waals surface area contributed by atoms with Gasteiger partial charge in [0.1, 0.15) is 5.82 Å². The van der Waals surface area contributed by atoms with E-state index in [0.29, 0.717) is 29.2 Å². The van der Waals surface area contributed by atoms with Gasteiger partial charge in [0.25, 0.3) is 0 Å². The summed E-state index contributed by atoms with van der Waals surface area (Å²) < 4.78 is 45.0. The van der Waals surface area contributed by atoms with E-state index >= 15 is 0 Å². The van der Waals surface area contributed by atoms with Crippen LogP contribution in [0.15, 0.2) is 24.0 Å². The van der Waals surface area contributed by atoms with Gasteiger partial charge in [-0.2, -0.15) is 13.2 Å². The molecule has 5 rings (SSSR count). The minimum absolute atomic E-state index is 0.0161. The highest BCUT2D eigenvalue weighted by Gasteiger charge is 2.61. The highest BCUT2D eigenvalue weighted by molar-refractivity contribution is 6.07. The number of nitrogen functional groups attached to an aromatic ring is 1. The molecule has 2 aliphatic carbocycles. The molecule has 0 bridgehead atoms. The lowest BCUT2D eigenvalue weighted by atomic mass is 9.76. The second-order valence-corrected chi connectivity index (χ2v) is 10.3. The van der Waals surface area contributed by atoms with E-state index in [1.165, 1.54) is 6.20 Å². The summed E-state index contributed by atoms with van der Waals surface area (Å²) in [5.74, 6) is 0.937. The van der Waals surface area contributed by atoms with Gasteiger partial charge in [0.15, 0.2) is 0 Å². The van der Waals surface area contributed by atoms with Crippen LogP contribution in [0.2, 0.25) is 0 Å².